The van der Waals surface area contributed by atoms with Gasteiger partial charge >= 0.3 is 11.9 Å². The van der Waals surface area contributed by atoms with Gasteiger partial charge in [-0.15, -0.1) is 0 Å². The van der Waals surface area contributed by atoms with Gasteiger partial charge in [0.1, 0.15) is 19.8 Å². The van der Waals surface area contributed by atoms with Crippen molar-refractivity contribution in [3.05, 3.63) is 0 Å². The normalized spacial score (nSPS) is 16.9. The van der Waals surface area contributed by atoms with Crippen molar-refractivity contribution in [3.63, 3.8) is 0 Å². The predicted molar refractivity (Wildman–Crippen MR) is 210 cm³/mol. The number of hydrogen-bond donors (Lipinski definition) is 0. The number of carbonyl (C=O) groups excluding carboxylic acids is 2. The zero-order chi connectivity index (χ0) is 39.6. The van der Waals surface area contributed by atoms with Crippen LogP contribution in [0, 0.1) is 0 Å². The van der Waals surface area contributed by atoms with E-state index in [0.29, 0.717) is 23.9 Å². The smallest absolute Gasteiger partial charge is 0.306 e. The van der Waals surface area contributed by atoms with Gasteiger partial charge < -0.3 is 27.9 Å². The molecule has 14 heteroatoms. The fraction of sp³-hybridized carbons (Fsp3) is 0.950. The topological polar surface area (TPSA) is 161 Å². The van der Waals surface area contributed by atoms with Crippen molar-refractivity contribution in [2.45, 2.75) is 198 Å². The lowest BCUT2D eigenvalue weighted by Crippen LogP contribution is -2.37. The van der Waals surface area contributed by atoms with E-state index in [9.17, 15) is 19.0 Å². The second kappa shape index (κ2) is 27.0. The van der Waals surface area contributed by atoms with E-state index in [4.69, 9.17) is 18.5 Å². The number of phosphoric ester groups is 1. The molecule has 2 atom stereocenters. The largest absolute Gasteiger partial charge is 0.756 e. The minimum Gasteiger partial charge on any atom is -0.756 e. The van der Waals surface area contributed by atoms with E-state index in [-0.39, 0.29) is 37.4 Å². The summed E-state index contributed by atoms with van der Waals surface area (Å²) in [6, 6.07) is 0. The lowest BCUT2D eigenvalue weighted by molar-refractivity contribution is -0.870. The van der Waals surface area contributed by atoms with Crippen LogP contribution in [0.15, 0.2) is 20.5 Å². The van der Waals surface area contributed by atoms with Crippen molar-refractivity contribution >= 4 is 19.8 Å². The molecule has 2 rings (SSSR count). The average molecular weight is 786 g/mol. The number of unbranched alkanes of at least 4 members (excludes halogenated alkanes) is 16. The Bertz CT molecular complexity index is 1140. The molecule has 0 saturated heterocycles. The maximum absolute atomic E-state index is 12.7. The second-order valence-electron chi connectivity index (χ2n) is 16.6. The van der Waals surface area contributed by atoms with E-state index in [2.05, 4.69) is 34.3 Å². The highest BCUT2D eigenvalue weighted by Crippen LogP contribution is 2.40. The zero-order valence-corrected chi connectivity index (χ0v) is 35.6. The van der Waals surface area contributed by atoms with Gasteiger partial charge in [-0.05, 0) is 64.2 Å². The Hall–Kier alpha value is -1.79. The molecule has 0 radical (unpaired) electrons. The lowest BCUT2D eigenvalue weighted by Gasteiger charge is -2.28. The molecule has 2 aliphatic rings. The van der Waals surface area contributed by atoms with Crippen LogP contribution in [0.1, 0.15) is 181 Å². The van der Waals surface area contributed by atoms with Gasteiger partial charge in [-0.25, -0.2) is 0 Å². The zero-order valence-electron chi connectivity index (χ0n) is 34.7. The van der Waals surface area contributed by atoms with Gasteiger partial charge in [0.05, 0.1) is 27.7 Å². The van der Waals surface area contributed by atoms with Crippen LogP contribution in [0.3, 0.4) is 0 Å². The van der Waals surface area contributed by atoms with Gasteiger partial charge in [-0.2, -0.15) is 20.5 Å². The van der Waals surface area contributed by atoms with E-state index in [1.807, 2.05) is 21.1 Å². The fourth-order valence-corrected chi connectivity index (χ4v) is 7.17. The van der Waals surface area contributed by atoms with Crippen molar-refractivity contribution in [2.75, 3.05) is 47.5 Å². The summed E-state index contributed by atoms with van der Waals surface area (Å²) in [6.45, 7) is 4.08. The van der Waals surface area contributed by atoms with Gasteiger partial charge in [-0.3, -0.25) is 14.2 Å². The predicted octanol–water partition coefficient (Wildman–Crippen LogP) is 10.2. The van der Waals surface area contributed by atoms with Crippen LogP contribution < -0.4 is 4.89 Å². The summed E-state index contributed by atoms with van der Waals surface area (Å²) in [7, 11) is 1.14. The SMILES string of the molecule is CCCCC1(CCCCCCCCCCC(=O)OCC(COP(=O)([O-])OCC[N+](C)(C)C)OC(=O)CCCCCCCCCCC2(CCCC)N=N2)N=N1. The number of hydrogen-bond acceptors (Lipinski definition) is 12. The monoisotopic (exact) mass is 786 g/mol. The first-order valence-electron chi connectivity index (χ1n) is 21.5. The van der Waals surface area contributed by atoms with Gasteiger partial charge in [0.25, 0.3) is 7.82 Å². The Labute approximate surface area is 327 Å². The van der Waals surface area contributed by atoms with Crippen LogP contribution in [0.4, 0.5) is 0 Å². The molecule has 54 heavy (non-hydrogen) atoms. The molecule has 314 valence electrons. The molecule has 0 amide bonds. The Kier molecular flexibility index (Phi) is 24.1. The van der Waals surface area contributed by atoms with Crippen molar-refractivity contribution in [3.8, 4) is 0 Å². The molecule has 0 N–H and O–H groups in total. The first kappa shape index (κ1) is 48.4. The molecule has 0 aliphatic carbocycles. The van der Waals surface area contributed by atoms with Crippen LogP contribution >= 0.6 is 7.82 Å². The molecule has 2 aliphatic heterocycles. The maximum atomic E-state index is 12.7. The molecule has 0 saturated carbocycles. The molecule has 0 aromatic heterocycles. The molecule has 0 spiro atoms. The number of likely N-dealkylation sites (N-methyl/N-ethyl adjacent to an activating group) is 1. The Morgan fingerprint density at radius 1 is 0.593 bits per heavy atom. The quantitative estimate of drug-likeness (QED) is 0.0259. The Morgan fingerprint density at radius 3 is 1.43 bits per heavy atom. The van der Waals surface area contributed by atoms with Crippen LogP contribution in [0.2, 0.25) is 0 Å². The van der Waals surface area contributed by atoms with E-state index in [0.717, 1.165) is 64.2 Å². The minimum atomic E-state index is -4.63. The summed E-state index contributed by atoms with van der Waals surface area (Å²) < 4.78 is 33.9. The first-order chi connectivity index (χ1) is 25.8. The van der Waals surface area contributed by atoms with Crippen LogP contribution in [0.5, 0.6) is 0 Å². The van der Waals surface area contributed by atoms with Crippen LogP contribution in [0.25, 0.3) is 0 Å². The fourth-order valence-electron chi connectivity index (χ4n) is 6.44. The Morgan fingerprint density at radius 2 is 1.00 bits per heavy atom. The number of ether oxygens (including phenoxy) is 2. The molecular formula is C40H76N5O8P. The standard InChI is InChI=1S/C40H76N5O8P/c1-6-8-28-39(41-42-39)30-24-20-16-12-10-14-18-22-26-37(46)50-34-36(35-52-54(48,49)51-33-32-45(3,4)5)53-38(47)27-23-19-15-11-13-17-21-25-31-40(43-44-40)29-9-7-2/h36H,6-35H2,1-5H3. The Balaban J connectivity index is 1.59. The highest BCUT2D eigenvalue weighted by atomic mass is 31.2. The van der Waals surface area contributed by atoms with Crippen LogP contribution in [-0.2, 0) is 32.7 Å². The third kappa shape index (κ3) is 25.4. The minimum absolute atomic E-state index is 0.0389. The molecule has 2 unspecified atom stereocenters. The summed E-state index contributed by atoms with van der Waals surface area (Å²) >= 11 is 0. The number of nitrogens with zero attached hydrogens (tertiary/aromatic N) is 5. The first-order valence-corrected chi connectivity index (χ1v) is 22.9. The molecule has 2 heterocycles. The highest BCUT2D eigenvalue weighted by molar-refractivity contribution is 7.45. The van der Waals surface area contributed by atoms with Crippen molar-refractivity contribution in [1.29, 1.82) is 0 Å². The van der Waals surface area contributed by atoms with Gasteiger partial charge in [0.15, 0.2) is 17.4 Å². The summed E-state index contributed by atoms with van der Waals surface area (Å²) in [4.78, 5) is 37.6. The molecule has 0 bridgehead atoms. The van der Waals surface area contributed by atoms with Gasteiger partial charge in [-0.1, -0.05) is 104 Å². The van der Waals surface area contributed by atoms with Crippen LogP contribution in [-0.4, -0.2) is 81.4 Å². The van der Waals surface area contributed by atoms with E-state index >= 15 is 0 Å². The van der Waals surface area contributed by atoms with Crippen molar-refractivity contribution in [2.24, 2.45) is 20.5 Å². The van der Waals surface area contributed by atoms with Crippen molar-refractivity contribution in [1.82, 2.24) is 0 Å². The summed E-state index contributed by atoms with van der Waals surface area (Å²) in [5.41, 5.74) is -0.0910. The van der Waals surface area contributed by atoms with E-state index in [1.165, 1.54) is 77.0 Å². The van der Waals surface area contributed by atoms with Crippen molar-refractivity contribution < 1.29 is 42.1 Å². The van der Waals surface area contributed by atoms with Gasteiger partial charge in [0, 0.05) is 12.8 Å². The second-order valence-corrected chi connectivity index (χ2v) is 18.0. The summed E-state index contributed by atoms with van der Waals surface area (Å²) in [5, 5.41) is 17.1. The number of quaternary nitrogens is 1. The average Bonchev–Trinajstić information content (AvgIpc) is 4.06. The summed E-state index contributed by atoms with van der Waals surface area (Å²) in [5.74, 6) is -0.866. The number of rotatable bonds is 38. The number of esters is 2. The third-order valence-corrected chi connectivity index (χ3v) is 11.2. The molecule has 0 aromatic carbocycles. The molecule has 0 fully saturated rings. The van der Waals surface area contributed by atoms with Gasteiger partial charge in [0.2, 0.25) is 0 Å². The summed E-state index contributed by atoms with van der Waals surface area (Å²) in [6.07, 6.45) is 25.6. The maximum Gasteiger partial charge on any atom is 0.306 e. The molecule has 13 nitrogen and oxygen atoms in total. The highest BCUT2D eigenvalue weighted by Gasteiger charge is 2.38. The van der Waals surface area contributed by atoms with E-state index in [1.54, 1.807) is 0 Å². The molecule has 0 aromatic rings. The third-order valence-electron chi connectivity index (χ3n) is 10.2. The number of phosphoric acid groups is 1. The lowest BCUT2D eigenvalue weighted by atomic mass is 9.98. The molecular weight excluding hydrogens is 709 g/mol. The van der Waals surface area contributed by atoms with E-state index < -0.39 is 32.5 Å². The number of carbonyl (C=O) groups is 2.